The van der Waals surface area contributed by atoms with Crippen molar-refractivity contribution >= 4 is 0 Å². The van der Waals surface area contributed by atoms with E-state index in [9.17, 15) is 5.11 Å². The number of aliphatic hydroxyl groups excluding tert-OH is 1. The smallest absolute Gasteiger partial charge is 0.0695 e. The van der Waals surface area contributed by atoms with Gasteiger partial charge in [0.1, 0.15) is 0 Å². The van der Waals surface area contributed by atoms with Crippen LogP contribution in [0.15, 0.2) is 0 Å². The lowest BCUT2D eigenvalue weighted by molar-refractivity contribution is -0.0179. The van der Waals surface area contributed by atoms with Crippen molar-refractivity contribution < 1.29 is 5.11 Å². The highest BCUT2D eigenvalue weighted by molar-refractivity contribution is 4.89. The molecule has 2 atom stereocenters. The summed E-state index contributed by atoms with van der Waals surface area (Å²) in [5.74, 6) is 0. The molecule has 1 N–H and O–H groups in total. The lowest BCUT2D eigenvalue weighted by Gasteiger charge is -2.46. The van der Waals surface area contributed by atoms with Crippen LogP contribution in [0.3, 0.4) is 0 Å². The Morgan fingerprint density at radius 3 is 1.94 bits per heavy atom. The zero-order valence-electron chi connectivity index (χ0n) is 10.9. The molecule has 2 aliphatic carbocycles. The third-order valence-electron chi connectivity index (χ3n) is 5.10. The van der Waals surface area contributed by atoms with Gasteiger partial charge in [0.25, 0.3) is 0 Å². The average molecular weight is 238 g/mol. The molecule has 3 heteroatoms. The maximum atomic E-state index is 10.1. The van der Waals surface area contributed by atoms with E-state index in [-0.39, 0.29) is 6.10 Å². The number of hydrogen-bond donors (Lipinski definition) is 1. The van der Waals surface area contributed by atoms with E-state index >= 15 is 0 Å². The zero-order valence-corrected chi connectivity index (χ0v) is 10.9. The molecule has 1 heterocycles. The van der Waals surface area contributed by atoms with E-state index < -0.39 is 0 Å². The maximum absolute atomic E-state index is 10.1. The van der Waals surface area contributed by atoms with Gasteiger partial charge in [-0.1, -0.05) is 19.3 Å². The SMILES string of the molecule is O[C@@H]1CCCC[C@@H]1N1CCN(C2CCC2)CC1. The molecule has 2 saturated carbocycles. The normalized spacial score (nSPS) is 37.9. The molecule has 3 rings (SSSR count). The molecule has 3 aliphatic rings. The molecule has 0 bridgehead atoms. The van der Waals surface area contributed by atoms with Gasteiger partial charge in [0.15, 0.2) is 0 Å². The van der Waals surface area contributed by atoms with Crippen LogP contribution in [0.4, 0.5) is 0 Å². The number of hydrogen-bond acceptors (Lipinski definition) is 3. The zero-order chi connectivity index (χ0) is 11.7. The first kappa shape index (κ1) is 11.9. The fraction of sp³-hybridized carbons (Fsp3) is 1.00. The summed E-state index contributed by atoms with van der Waals surface area (Å²) in [5.41, 5.74) is 0. The van der Waals surface area contributed by atoms with Crippen molar-refractivity contribution in [1.29, 1.82) is 0 Å². The van der Waals surface area contributed by atoms with Crippen molar-refractivity contribution in [2.75, 3.05) is 26.2 Å². The topological polar surface area (TPSA) is 26.7 Å². The lowest BCUT2D eigenvalue weighted by Crippen LogP contribution is -2.57. The Balaban J connectivity index is 1.49. The Labute approximate surface area is 105 Å². The highest BCUT2D eigenvalue weighted by Gasteiger charge is 2.33. The van der Waals surface area contributed by atoms with Crippen LogP contribution in [0.1, 0.15) is 44.9 Å². The molecule has 0 aromatic carbocycles. The van der Waals surface area contributed by atoms with Crippen molar-refractivity contribution in [1.82, 2.24) is 9.80 Å². The van der Waals surface area contributed by atoms with Gasteiger partial charge in [0, 0.05) is 38.3 Å². The molecule has 0 radical (unpaired) electrons. The van der Waals surface area contributed by atoms with Gasteiger partial charge < -0.3 is 5.11 Å². The molecular weight excluding hydrogens is 212 g/mol. The van der Waals surface area contributed by atoms with E-state index in [0.29, 0.717) is 6.04 Å². The standard InChI is InChI=1S/C14H26N2O/c17-14-7-2-1-6-13(14)16-10-8-15(9-11-16)12-4-3-5-12/h12-14,17H,1-11H2/t13-,14+/m0/s1. The van der Waals surface area contributed by atoms with Crippen molar-refractivity contribution in [3.63, 3.8) is 0 Å². The summed E-state index contributed by atoms with van der Waals surface area (Å²) in [4.78, 5) is 5.23. The predicted octanol–water partition coefficient (Wildman–Crippen LogP) is 1.46. The van der Waals surface area contributed by atoms with Gasteiger partial charge in [-0.25, -0.2) is 0 Å². The first-order chi connectivity index (χ1) is 8.34. The van der Waals surface area contributed by atoms with Gasteiger partial charge in [-0.15, -0.1) is 0 Å². The summed E-state index contributed by atoms with van der Waals surface area (Å²) in [6.45, 7) is 4.82. The van der Waals surface area contributed by atoms with Crippen molar-refractivity contribution in [2.45, 2.75) is 63.1 Å². The molecule has 98 valence electrons. The molecule has 0 unspecified atom stereocenters. The van der Waals surface area contributed by atoms with Crippen molar-refractivity contribution in [3.8, 4) is 0 Å². The van der Waals surface area contributed by atoms with E-state index in [1.165, 1.54) is 64.7 Å². The second-order valence-corrected chi connectivity index (χ2v) is 6.08. The van der Waals surface area contributed by atoms with Crippen LogP contribution in [0.2, 0.25) is 0 Å². The number of aliphatic hydroxyl groups is 1. The van der Waals surface area contributed by atoms with Gasteiger partial charge in [-0.3, -0.25) is 9.80 Å². The van der Waals surface area contributed by atoms with Gasteiger partial charge in [-0.2, -0.15) is 0 Å². The van der Waals surface area contributed by atoms with Crippen LogP contribution in [-0.4, -0.2) is 59.3 Å². The van der Waals surface area contributed by atoms with Gasteiger partial charge in [-0.05, 0) is 25.7 Å². The van der Waals surface area contributed by atoms with Crippen molar-refractivity contribution in [2.24, 2.45) is 0 Å². The van der Waals surface area contributed by atoms with Crippen LogP contribution in [0.5, 0.6) is 0 Å². The Bertz CT molecular complexity index is 247. The molecule has 0 spiro atoms. The monoisotopic (exact) mass is 238 g/mol. The molecule has 0 amide bonds. The first-order valence-corrected chi connectivity index (χ1v) is 7.51. The van der Waals surface area contributed by atoms with E-state index in [4.69, 9.17) is 0 Å². The summed E-state index contributed by atoms with van der Waals surface area (Å²) < 4.78 is 0. The minimum atomic E-state index is -0.0565. The number of nitrogens with zero attached hydrogens (tertiary/aromatic N) is 2. The number of rotatable bonds is 2. The third-order valence-corrected chi connectivity index (χ3v) is 5.10. The van der Waals surface area contributed by atoms with Gasteiger partial charge in [0.2, 0.25) is 0 Å². The molecule has 3 nitrogen and oxygen atoms in total. The molecular formula is C14H26N2O. The fourth-order valence-electron chi connectivity index (χ4n) is 3.70. The maximum Gasteiger partial charge on any atom is 0.0695 e. The summed E-state index contributed by atoms with van der Waals surface area (Å²) in [6, 6.07) is 1.36. The molecule has 0 aromatic rings. The predicted molar refractivity (Wildman–Crippen MR) is 69.0 cm³/mol. The van der Waals surface area contributed by atoms with E-state index in [0.717, 1.165) is 12.5 Å². The summed E-state index contributed by atoms with van der Waals surface area (Å²) in [7, 11) is 0. The summed E-state index contributed by atoms with van der Waals surface area (Å²) in [6.07, 6.45) is 8.99. The van der Waals surface area contributed by atoms with E-state index in [2.05, 4.69) is 9.80 Å². The van der Waals surface area contributed by atoms with Crippen LogP contribution in [0, 0.1) is 0 Å². The fourth-order valence-corrected chi connectivity index (χ4v) is 3.70. The number of piperazine rings is 1. The molecule has 3 fully saturated rings. The van der Waals surface area contributed by atoms with E-state index in [1.807, 2.05) is 0 Å². The van der Waals surface area contributed by atoms with E-state index in [1.54, 1.807) is 0 Å². The quantitative estimate of drug-likeness (QED) is 0.789. The largest absolute Gasteiger partial charge is 0.391 e. The Kier molecular flexibility index (Phi) is 3.69. The Hall–Kier alpha value is -0.120. The minimum Gasteiger partial charge on any atom is -0.391 e. The van der Waals surface area contributed by atoms with Crippen LogP contribution in [0.25, 0.3) is 0 Å². The Morgan fingerprint density at radius 2 is 1.35 bits per heavy atom. The van der Waals surface area contributed by atoms with Crippen LogP contribution >= 0.6 is 0 Å². The highest BCUT2D eigenvalue weighted by atomic mass is 16.3. The average Bonchev–Trinajstić information content (AvgIpc) is 2.29. The molecule has 0 aromatic heterocycles. The third kappa shape index (κ3) is 2.51. The second-order valence-electron chi connectivity index (χ2n) is 6.08. The Morgan fingerprint density at radius 1 is 0.706 bits per heavy atom. The van der Waals surface area contributed by atoms with Crippen LogP contribution < -0.4 is 0 Å². The van der Waals surface area contributed by atoms with Crippen molar-refractivity contribution in [3.05, 3.63) is 0 Å². The molecule has 1 aliphatic heterocycles. The van der Waals surface area contributed by atoms with Gasteiger partial charge in [0.05, 0.1) is 6.10 Å². The lowest BCUT2D eigenvalue weighted by atomic mass is 9.89. The molecule has 1 saturated heterocycles. The minimum absolute atomic E-state index is 0.0565. The molecule has 17 heavy (non-hydrogen) atoms. The summed E-state index contributed by atoms with van der Waals surface area (Å²) >= 11 is 0. The van der Waals surface area contributed by atoms with Gasteiger partial charge >= 0.3 is 0 Å². The van der Waals surface area contributed by atoms with Crippen LogP contribution in [-0.2, 0) is 0 Å². The second kappa shape index (κ2) is 5.25. The highest BCUT2D eigenvalue weighted by Crippen LogP contribution is 2.28. The summed E-state index contributed by atoms with van der Waals surface area (Å²) in [5, 5.41) is 10.1. The first-order valence-electron chi connectivity index (χ1n) is 7.51.